The van der Waals surface area contributed by atoms with Crippen LogP contribution in [0, 0.1) is 11.7 Å². The number of carboxylic acid groups (broad SMARTS) is 1. The van der Waals surface area contributed by atoms with Gasteiger partial charge in [-0.05, 0) is 49.8 Å². The van der Waals surface area contributed by atoms with E-state index in [1.807, 2.05) is 0 Å². The number of aromatic amines is 1. The van der Waals surface area contributed by atoms with E-state index in [4.69, 9.17) is 0 Å². The zero-order chi connectivity index (χ0) is 22.8. The molecule has 0 aliphatic heterocycles. The molecule has 170 valence electrons. The maximum atomic E-state index is 13.5. The SMILES string of the molecule is O=C(O)CN(C(=O)C(=O)c1c[nH]c2cc(F)ccc12)[C@@H](C(=O)NC1CC1)C1CCCCC1. The number of benzene rings is 1. The molecule has 1 aromatic heterocycles. The van der Waals surface area contributed by atoms with E-state index in [0.29, 0.717) is 23.7 Å². The minimum absolute atomic E-state index is 0.0189. The third kappa shape index (κ3) is 4.66. The van der Waals surface area contributed by atoms with E-state index < -0.39 is 42.0 Å². The van der Waals surface area contributed by atoms with Gasteiger partial charge >= 0.3 is 5.97 Å². The maximum absolute atomic E-state index is 13.5. The number of hydrogen-bond donors (Lipinski definition) is 3. The highest BCUT2D eigenvalue weighted by molar-refractivity contribution is 6.45. The van der Waals surface area contributed by atoms with E-state index in [1.165, 1.54) is 24.4 Å². The van der Waals surface area contributed by atoms with Crippen molar-refractivity contribution >= 4 is 34.5 Å². The molecule has 2 aliphatic carbocycles. The van der Waals surface area contributed by atoms with Gasteiger partial charge in [0, 0.05) is 23.1 Å². The van der Waals surface area contributed by atoms with E-state index in [0.717, 1.165) is 37.0 Å². The number of ketones is 1. The van der Waals surface area contributed by atoms with Gasteiger partial charge < -0.3 is 20.3 Å². The number of halogens is 1. The molecule has 0 unspecified atom stereocenters. The van der Waals surface area contributed by atoms with Crippen LogP contribution in [0.25, 0.3) is 10.9 Å². The third-order valence-corrected chi connectivity index (χ3v) is 6.27. The molecule has 8 nitrogen and oxygen atoms in total. The van der Waals surface area contributed by atoms with Crippen LogP contribution in [0.5, 0.6) is 0 Å². The van der Waals surface area contributed by atoms with Gasteiger partial charge in [-0.25, -0.2) is 4.39 Å². The molecule has 9 heteroatoms. The van der Waals surface area contributed by atoms with Gasteiger partial charge in [0.1, 0.15) is 18.4 Å². The fraction of sp³-hybridized carbons (Fsp3) is 0.478. The number of carboxylic acids is 1. The molecule has 2 amide bonds. The van der Waals surface area contributed by atoms with Gasteiger partial charge in [-0.15, -0.1) is 0 Å². The number of carbonyl (C=O) groups excluding carboxylic acids is 3. The summed E-state index contributed by atoms with van der Waals surface area (Å²) in [5, 5.41) is 12.7. The number of carbonyl (C=O) groups is 4. The summed E-state index contributed by atoms with van der Waals surface area (Å²) in [6.07, 6.45) is 7.17. The Bertz CT molecular complexity index is 1060. The Hall–Kier alpha value is -3.23. The second kappa shape index (κ2) is 9.10. The van der Waals surface area contributed by atoms with Gasteiger partial charge in [0.05, 0.1) is 5.56 Å². The van der Waals surface area contributed by atoms with Crippen molar-refractivity contribution in [3.05, 3.63) is 35.8 Å². The summed E-state index contributed by atoms with van der Waals surface area (Å²) in [6.45, 7) is -0.749. The quantitative estimate of drug-likeness (QED) is 0.428. The first-order chi connectivity index (χ1) is 15.3. The molecule has 2 saturated carbocycles. The molecule has 0 bridgehead atoms. The monoisotopic (exact) mass is 443 g/mol. The third-order valence-electron chi connectivity index (χ3n) is 6.27. The number of amides is 2. The number of H-pyrrole nitrogens is 1. The molecule has 0 saturated heterocycles. The van der Waals surface area contributed by atoms with Crippen molar-refractivity contribution in [1.29, 1.82) is 0 Å². The summed E-state index contributed by atoms with van der Waals surface area (Å²) < 4.78 is 13.5. The predicted molar refractivity (Wildman–Crippen MR) is 113 cm³/mol. The number of nitrogens with zero attached hydrogens (tertiary/aromatic N) is 1. The molecule has 2 aliphatic rings. The minimum Gasteiger partial charge on any atom is -0.480 e. The van der Waals surface area contributed by atoms with E-state index in [2.05, 4.69) is 10.3 Å². The van der Waals surface area contributed by atoms with Crippen LogP contribution in [0.1, 0.15) is 55.3 Å². The van der Waals surface area contributed by atoms with E-state index >= 15 is 0 Å². The summed E-state index contributed by atoms with van der Waals surface area (Å²) in [4.78, 5) is 54.9. The van der Waals surface area contributed by atoms with E-state index in [9.17, 15) is 28.7 Å². The summed E-state index contributed by atoms with van der Waals surface area (Å²) in [5.74, 6) is -4.37. The van der Waals surface area contributed by atoms with E-state index in [-0.39, 0.29) is 17.5 Å². The topological polar surface area (TPSA) is 120 Å². The molecule has 0 radical (unpaired) electrons. The molecular formula is C23H26FN3O5. The van der Waals surface area contributed by atoms with Crippen molar-refractivity contribution in [3.63, 3.8) is 0 Å². The lowest BCUT2D eigenvalue weighted by molar-refractivity contribution is -0.148. The lowest BCUT2D eigenvalue weighted by Gasteiger charge is -2.36. The molecule has 0 spiro atoms. The molecular weight excluding hydrogens is 417 g/mol. The number of aromatic nitrogens is 1. The Morgan fingerprint density at radius 2 is 1.84 bits per heavy atom. The highest BCUT2D eigenvalue weighted by Crippen LogP contribution is 2.31. The van der Waals surface area contributed by atoms with Crippen LogP contribution < -0.4 is 5.32 Å². The highest BCUT2D eigenvalue weighted by Gasteiger charge is 2.42. The molecule has 2 fully saturated rings. The number of Topliss-reactive ketones (excluding diaryl/α,β-unsaturated/α-hetero) is 1. The lowest BCUT2D eigenvalue weighted by atomic mass is 9.82. The smallest absolute Gasteiger partial charge is 0.323 e. The maximum Gasteiger partial charge on any atom is 0.323 e. The van der Waals surface area contributed by atoms with Gasteiger partial charge in [0.2, 0.25) is 5.91 Å². The predicted octanol–water partition coefficient (Wildman–Crippen LogP) is 2.63. The Kier molecular flexibility index (Phi) is 6.25. The number of aliphatic carboxylic acids is 1. The number of nitrogens with one attached hydrogen (secondary N) is 2. The van der Waals surface area contributed by atoms with Crippen LogP contribution in [0.2, 0.25) is 0 Å². The number of rotatable bonds is 8. The van der Waals surface area contributed by atoms with Crippen LogP contribution in [-0.2, 0) is 14.4 Å². The first kappa shape index (κ1) is 22.0. The lowest BCUT2D eigenvalue weighted by Crippen LogP contribution is -2.57. The summed E-state index contributed by atoms with van der Waals surface area (Å²) in [7, 11) is 0. The number of hydrogen-bond acceptors (Lipinski definition) is 4. The van der Waals surface area contributed by atoms with Crippen molar-refractivity contribution in [2.75, 3.05) is 6.54 Å². The zero-order valence-electron chi connectivity index (χ0n) is 17.6. The normalized spacial score (nSPS) is 17.7. The van der Waals surface area contributed by atoms with Gasteiger partial charge in [0.25, 0.3) is 11.7 Å². The van der Waals surface area contributed by atoms with Crippen LogP contribution in [0.3, 0.4) is 0 Å². The second-order valence-corrected chi connectivity index (χ2v) is 8.67. The van der Waals surface area contributed by atoms with Gasteiger partial charge in [-0.2, -0.15) is 0 Å². The molecule has 2 aromatic rings. The zero-order valence-corrected chi connectivity index (χ0v) is 17.6. The molecule has 32 heavy (non-hydrogen) atoms. The van der Waals surface area contributed by atoms with Gasteiger partial charge in [0.15, 0.2) is 0 Å². The largest absolute Gasteiger partial charge is 0.480 e. The molecule has 1 aromatic carbocycles. The summed E-state index contributed by atoms with van der Waals surface area (Å²) in [6, 6.07) is 2.79. The fourth-order valence-corrected chi connectivity index (χ4v) is 4.55. The Morgan fingerprint density at radius 3 is 2.50 bits per heavy atom. The fourth-order valence-electron chi connectivity index (χ4n) is 4.55. The van der Waals surface area contributed by atoms with Crippen LogP contribution in [0.4, 0.5) is 4.39 Å². The first-order valence-electron chi connectivity index (χ1n) is 11.0. The van der Waals surface area contributed by atoms with E-state index in [1.54, 1.807) is 0 Å². The highest BCUT2D eigenvalue weighted by atomic mass is 19.1. The summed E-state index contributed by atoms with van der Waals surface area (Å²) >= 11 is 0. The summed E-state index contributed by atoms with van der Waals surface area (Å²) in [5.41, 5.74) is 0.367. The average molecular weight is 443 g/mol. The van der Waals surface area contributed by atoms with Crippen molar-refractivity contribution in [2.45, 2.75) is 57.0 Å². The van der Waals surface area contributed by atoms with Gasteiger partial charge in [-0.3, -0.25) is 19.2 Å². The molecule has 1 atom stereocenters. The Morgan fingerprint density at radius 1 is 1.12 bits per heavy atom. The number of fused-ring (bicyclic) bond motifs is 1. The van der Waals surface area contributed by atoms with Crippen LogP contribution >= 0.6 is 0 Å². The van der Waals surface area contributed by atoms with Crippen molar-refractivity contribution in [1.82, 2.24) is 15.2 Å². The van der Waals surface area contributed by atoms with Crippen LogP contribution in [-0.4, -0.2) is 57.2 Å². The standard InChI is InChI=1S/C23H26FN3O5/c24-14-6-9-16-17(11-25-18(16)10-14)21(30)23(32)27(12-19(28)29)20(13-4-2-1-3-5-13)22(31)26-15-7-8-15/h6,9-11,13,15,20,25H,1-5,7-8,12H2,(H,26,31)(H,28,29)/t20-/m1/s1. The van der Waals surface area contributed by atoms with Crippen molar-refractivity contribution in [3.8, 4) is 0 Å². The first-order valence-corrected chi connectivity index (χ1v) is 11.0. The Labute approximate surface area is 184 Å². The molecule has 4 rings (SSSR count). The van der Waals surface area contributed by atoms with Crippen LogP contribution in [0.15, 0.2) is 24.4 Å². The average Bonchev–Trinajstić information content (AvgIpc) is 3.48. The second-order valence-electron chi connectivity index (χ2n) is 8.67. The van der Waals surface area contributed by atoms with Crippen molar-refractivity contribution in [2.24, 2.45) is 5.92 Å². The van der Waals surface area contributed by atoms with Gasteiger partial charge in [-0.1, -0.05) is 19.3 Å². The molecule has 1 heterocycles. The van der Waals surface area contributed by atoms with Crippen molar-refractivity contribution < 1.29 is 28.7 Å². The Balaban J connectivity index is 1.67. The molecule has 3 N–H and O–H groups in total. The minimum atomic E-state index is -1.30.